The van der Waals surface area contributed by atoms with Crippen molar-refractivity contribution in [2.45, 2.75) is 31.3 Å². The molecular formula is C20H19BrN2O2. The summed E-state index contributed by atoms with van der Waals surface area (Å²) in [7, 11) is 0. The second-order valence-corrected chi connectivity index (χ2v) is 7.32. The molecule has 1 aliphatic carbocycles. The van der Waals surface area contributed by atoms with Gasteiger partial charge >= 0.3 is 0 Å². The van der Waals surface area contributed by atoms with Crippen LogP contribution < -0.4 is 10.1 Å². The highest BCUT2D eigenvalue weighted by atomic mass is 79.9. The molecule has 25 heavy (non-hydrogen) atoms. The van der Waals surface area contributed by atoms with Crippen LogP contribution in [0.2, 0.25) is 0 Å². The van der Waals surface area contributed by atoms with Gasteiger partial charge in [0.25, 0.3) is 5.91 Å². The summed E-state index contributed by atoms with van der Waals surface area (Å²) < 4.78 is 6.71. The summed E-state index contributed by atoms with van der Waals surface area (Å²) in [6.07, 6.45) is 1.53. The third-order valence-electron chi connectivity index (χ3n) is 4.54. The molecule has 0 aliphatic heterocycles. The van der Waals surface area contributed by atoms with Crippen LogP contribution in [-0.4, -0.2) is 18.6 Å². The number of benzene rings is 2. The van der Waals surface area contributed by atoms with E-state index in [4.69, 9.17) is 10.00 Å². The van der Waals surface area contributed by atoms with Gasteiger partial charge in [0.15, 0.2) is 6.10 Å². The SMILES string of the molecule is CC(Oc1cccc(C#N)c1)C(=O)NCC1(c2cccc(Br)c2)CC1. The first kappa shape index (κ1) is 17.5. The molecule has 1 amide bonds. The second kappa shape index (κ2) is 7.28. The van der Waals surface area contributed by atoms with Crippen molar-refractivity contribution in [1.82, 2.24) is 5.32 Å². The van der Waals surface area contributed by atoms with Crippen molar-refractivity contribution in [3.63, 3.8) is 0 Å². The average molecular weight is 399 g/mol. The summed E-state index contributed by atoms with van der Waals surface area (Å²) in [5, 5.41) is 11.9. The Balaban J connectivity index is 1.58. The van der Waals surface area contributed by atoms with Crippen molar-refractivity contribution >= 4 is 21.8 Å². The van der Waals surface area contributed by atoms with E-state index in [9.17, 15) is 4.79 Å². The molecule has 1 aliphatic rings. The number of amides is 1. The smallest absolute Gasteiger partial charge is 0.260 e. The van der Waals surface area contributed by atoms with Crippen LogP contribution in [0.15, 0.2) is 53.0 Å². The molecule has 0 aromatic heterocycles. The van der Waals surface area contributed by atoms with Crippen LogP contribution in [0.25, 0.3) is 0 Å². The summed E-state index contributed by atoms with van der Waals surface area (Å²) >= 11 is 3.50. The molecular weight excluding hydrogens is 380 g/mol. The largest absolute Gasteiger partial charge is 0.481 e. The van der Waals surface area contributed by atoms with E-state index in [2.05, 4.69) is 39.4 Å². The highest BCUT2D eigenvalue weighted by Gasteiger charge is 2.44. The lowest BCUT2D eigenvalue weighted by molar-refractivity contribution is -0.127. The summed E-state index contributed by atoms with van der Waals surface area (Å²) in [5.74, 6) is 0.374. The fourth-order valence-electron chi connectivity index (χ4n) is 2.83. The van der Waals surface area contributed by atoms with Crippen molar-refractivity contribution < 1.29 is 9.53 Å². The van der Waals surface area contributed by atoms with Crippen LogP contribution in [0.1, 0.15) is 30.9 Å². The molecule has 3 rings (SSSR count). The van der Waals surface area contributed by atoms with Crippen LogP contribution in [0.3, 0.4) is 0 Å². The minimum Gasteiger partial charge on any atom is -0.481 e. The van der Waals surface area contributed by atoms with Crippen molar-refractivity contribution in [1.29, 1.82) is 5.26 Å². The minimum atomic E-state index is -0.618. The highest BCUT2D eigenvalue weighted by Crippen LogP contribution is 2.48. The number of rotatable bonds is 6. The third kappa shape index (κ3) is 4.21. The Labute approximate surface area is 155 Å². The maximum Gasteiger partial charge on any atom is 0.260 e. The first-order valence-corrected chi connectivity index (χ1v) is 9.02. The minimum absolute atomic E-state index is 0.0416. The fourth-order valence-corrected chi connectivity index (χ4v) is 3.23. The van der Waals surface area contributed by atoms with Gasteiger partial charge in [-0.2, -0.15) is 5.26 Å². The molecule has 0 radical (unpaired) electrons. The van der Waals surface area contributed by atoms with E-state index in [1.54, 1.807) is 31.2 Å². The van der Waals surface area contributed by atoms with Crippen molar-refractivity contribution in [2.75, 3.05) is 6.54 Å². The molecule has 0 bridgehead atoms. The monoisotopic (exact) mass is 398 g/mol. The number of halogens is 1. The van der Waals surface area contributed by atoms with E-state index in [0.29, 0.717) is 17.9 Å². The molecule has 5 heteroatoms. The van der Waals surface area contributed by atoms with E-state index in [0.717, 1.165) is 17.3 Å². The third-order valence-corrected chi connectivity index (χ3v) is 5.03. The molecule has 1 N–H and O–H groups in total. The Morgan fingerprint density at radius 2 is 2.08 bits per heavy atom. The normalized spacial score (nSPS) is 15.7. The molecule has 0 heterocycles. The number of carbonyl (C=O) groups is 1. The van der Waals surface area contributed by atoms with E-state index in [-0.39, 0.29) is 11.3 Å². The van der Waals surface area contributed by atoms with Gasteiger partial charge < -0.3 is 10.1 Å². The lowest BCUT2D eigenvalue weighted by Crippen LogP contribution is -2.40. The molecule has 2 aromatic rings. The Bertz CT molecular complexity index is 824. The molecule has 2 aromatic carbocycles. The Morgan fingerprint density at radius 1 is 1.32 bits per heavy atom. The summed E-state index contributed by atoms with van der Waals surface area (Å²) in [6.45, 7) is 2.32. The molecule has 0 saturated heterocycles. The standard InChI is InChI=1S/C20H19BrN2O2/c1-14(25-18-7-2-4-15(10-18)12-22)19(24)23-13-20(8-9-20)16-5-3-6-17(21)11-16/h2-7,10-11,14H,8-9,13H2,1H3,(H,23,24). The van der Waals surface area contributed by atoms with Crippen LogP contribution in [0, 0.1) is 11.3 Å². The molecule has 128 valence electrons. The van der Waals surface area contributed by atoms with Gasteiger partial charge in [-0.05, 0) is 55.7 Å². The maximum absolute atomic E-state index is 12.4. The predicted octanol–water partition coefficient (Wildman–Crippen LogP) is 3.94. The van der Waals surface area contributed by atoms with Crippen LogP contribution in [0.5, 0.6) is 5.75 Å². The predicted molar refractivity (Wildman–Crippen MR) is 99.3 cm³/mol. The van der Waals surface area contributed by atoms with Gasteiger partial charge in [0.2, 0.25) is 0 Å². The second-order valence-electron chi connectivity index (χ2n) is 6.41. The topological polar surface area (TPSA) is 62.1 Å². The number of carbonyl (C=O) groups excluding carboxylic acids is 1. The van der Waals surface area contributed by atoms with E-state index in [1.165, 1.54) is 5.56 Å². The summed E-state index contributed by atoms with van der Waals surface area (Å²) in [5.41, 5.74) is 1.80. The number of nitrogens with zero attached hydrogens (tertiary/aromatic N) is 1. The molecule has 1 atom stereocenters. The van der Waals surface area contributed by atoms with Gasteiger partial charge in [-0.1, -0.05) is 34.1 Å². The van der Waals surface area contributed by atoms with Gasteiger partial charge in [-0.15, -0.1) is 0 Å². The van der Waals surface area contributed by atoms with Crippen molar-refractivity contribution in [2.24, 2.45) is 0 Å². The quantitative estimate of drug-likeness (QED) is 0.801. The Kier molecular flexibility index (Phi) is 5.10. The van der Waals surface area contributed by atoms with Crippen molar-refractivity contribution in [3.8, 4) is 11.8 Å². The first-order valence-electron chi connectivity index (χ1n) is 8.23. The van der Waals surface area contributed by atoms with E-state index < -0.39 is 6.10 Å². The number of hydrogen-bond donors (Lipinski definition) is 1. The molecule has 0 spiro atoms. The zero-order valence-corrected chi connectivity index (χ0v) is 15.5. The summed E-state index contributed by atoms with van der Waals surface area (Å²) in [6, 6.07) is 17.1. The number of hydrogen-bond acceptors (Lipinski definition) is 3. The average Bonchev–Trinajstić information content (AvgIpc) is 3.41. The van der Waals surface area contributed by atoms with Gasteiger partial charge in [-0.25, -0.2) is 0 Å². The van der Waals surface area contributed by atoms with Crippen LogP contribution in [-0.2, 0) is 10.2 Å². The number of nitriles is 1. The lowest BCUT2D eigenvalue weighted by Gasteiger charge is -2.19. The van der Waals surface area contributed by atoms with Crippen LogP contribution >= 0.6 is 15.9 Å². The molecule has 4 nitrogen and oxygen atoms in total. The highest BCUT2D eigenvalue weighted by molar-refractivity contribution is 9.10. The molecule has 1 unspecified atom stereocenters. The van der Waals surface area contributed by atoms with E-state index in [1.807, 2.05) is 12.1 Å². The van der Waals surface area contributed by atoms with Gasteiger partial charge in [0.05, 0.1) is 11.6 Å². The Hall–Kier alpha value is -2.32. The Morgan fingerprint density at radius 3 is 2.76 bits per heavy atom. The van der Waals surface area contributed by atoms with Gasteiger partial charge in [-0.3, -0.25) is 4.79 Å². The zero-order chi connectivity index (χ0) is 17.9. The summed E-state index contributed by atoms with van der Waals surface area (Å²) in [4.78, 5) is 12.4. The zero-order valence-electron chi connectivity index (χ0n) is 14.0. The van der Waals surface area contributed by atoms with Gasteiger partial charge in [0.1, 0.15) is 5.75 Å². The fraction of sp³-hybridized carbons (Fsp3) is 0.300. The molecule has 1 saturated carbocycles. The van der Waals surface area contributed by atoms with Gasteiger partial charge in [0, 0.05) is 16.4 Å². The lowest BCUT2D eigenvalue weighted by atomic mass is 9.96. The van der Waals surface area contributed by atoms with E-state index >= 15 is 0 Å². The first-order chi connectivity index (χ1) is 12.0. The number of nitrogens with one attached hydrogen (secondary N) is 1. The van der Waals surface area contributed by atoms with Crippen molar-refractivity contribution in [3.05, 3.63) is 64.1 Å². The number of ether oxygens (including phenoxy) is 1. The maximum atomic E-state index is 12.4. The molecule has 1 fully saturated rings. The van der Waals surface area contributed by atoms with Crippen LogP contribution in [0.4, 0.5) is 0 Å².